The van der Waals surface area contributed by atoms with E-state index in [1.807, 2.05) is 24.4 Å². The van der Waals surface area contributed by atoms with Crippen molar-refractivity contribution in [3.05, 3.63) is 30.5 Å². The molecule has 1 N–H and O–H groups in total. The van der Waals surface area contributed by atoms with E-state index in [9.17, 15) is 0 Å². The van der Waals surface area contributed by atoms with Crippen LogP contribution in [0.15, 0.2) is 30.5 Å². The van der Waals surface area contributed by atoms with Gasteiger partial charge in [-0.15, -0.1) is 0 Å². The van der Waals surface area contributed by atoms with Crippen LogP contribution in [-0.4, -0.2) is 18.1 Å². The number of anilines is 1. The summed E-state index contributed by atoms with van der Waals surface area (Å²) in [6.45, 7) is 5.82. The molecule has 1 heterocycles. The van der Waals surface area contributed by atoms with Crippen molar-refractivity contribution >= 4 is 16.6 Å². The van der Waals surface area contributed by atoms with Gasteiger partial charge in [0.2, 0.25) is 0 Å². The molecule has 0 saturated heterocycles. The topological polar surface area (TPSA) is 34.1 Å². The van der Waals surface area contributed by atoms with Gasteiger partial charge < -0.3 is 10.1 Å². The highest BCUT2D eigenvalue weighted by Crippen LogP contribution is 2.28. The lowest BCUT2D eigenvalue weighted by Gasteiger charge is -2.11. The Hall–Kier alpha value is -1.77. The fourth-order valence-electron chi connectivity index (χ4n) is 1.82. The summed E-state index contributed by atoms with van der Waals surface area (Å²) in [7, 11) is 0. The number of ether oxygens (including phenoxy) is 1. The van der Waals surface area contributed by atoms with Crippen LogP contribution in [-0.2, 0) is 0 Å². The zero-order valence-electron chi connectivity index (χ0n) is 10.4. The number of benzene rings is 1. The minimum atomic E-state index is 0.728. The van der Waals surface area contributed by atoms with Crippen LogP contribution in [0.1, 0.15) is 20.3 Å². The van der Waals surface area contributed by atoms with Gasteiger partial charge >= 0.3 is 0 Å². The molecular weight excluding hydrogens is 212 g/mol. The van der Waals surface area contributed by atoms with Crippen molar-refractivity contribution in [3.63, 3.8) is 0 Å². The number of aromatic nitrogens is 1. The Labute approximate surface area is 102 Å². The average molecular weight is 230 g/mol. The van der Waals surface area contributed by atoms with E-state index in [1.165, 1.54) is 0 Å². The second-order valence-corrected chi connectivity index (χ2v) is 3.89. The van der Waals surface area contributed by atoms with Gasteiger partial charge in [0, 0.05) is 23.8 Å². The average Bonchev–Trinajstić information content (AvgIpc) is 2.37. The van der Waals surface area contributed by atoms with Crippen molar-refractivity contribution in [2.24, 2.45) is 0 Å². The van der Waals surface area contributed by atoms with Gasteiger partial charge in [-0.2, -0.15) is 0 Å². The maximum absolute atomic E-state index is 5.71. The smallest absolute Gasteiger partial charge is 0.145 e. The van der Waals surface area contributed by atoms with Gasteiger partial charge in [0.1, 0.15) is 11.3 Å². The highest BCUT2D eigenvalue weighted by atomic mass is 16.5. The number of rotatable bonds is 5. The van der Waals surface area contributed by atoms with E-state index in [0.717, 1.165) is 41.9 Å². The van der Waals surface area contributed by atoms with Crippen LogP contribution in [0.25, 0.3) is 10.9 Å². The summed E-state index contributed by atoms with van der Waals surface area (Å²) in [5, 5.41) is 4.45. The Bertz CT molecular complexity index is 497. The van der Waals surface area contributed by atoms with Gasteiger partial charge in [-0.1, -0.05) is 19.1 Å². The number of para-hydroxylation sites is 1. The molecule has 2 aromatic rings. The van der Waals surface area contributed by atoms with Gasteiger partial charge in [-0.25, -0.2) is 0 Å². The van der Waals surface area contributed by atoms with E-state index in [1.54, 1.807) is 0 Å². The molecule has 0 aliphatic rings. The second-order valence-electron chi connectivity index (χ2n) is 3.89. The molecule has 1 aromatic carbocycles. The summed E-state index contributed by atoms with van der Waals surface area (Å²) in [4.78, 5) is 4.41. The minimum absolute atomic E-state index is 0.728. The lowest BCUT2D eigenvalue weighted by molar-refractivity contribution is 0.320. The number of hydrogen-bond donors (Lipinski definition) is 1. The molecule has 0 aliphatic carbocycles. The van der Waals surface area contributed by atoms with Crippen LogP contribution in [0.3, 0.4) is 0 Å². The molecule has 0 bridgehead atoms. The van der Waals surface area contributed by atoms with Gasteiger partial charge in [0.05, 0.1) is 6.61 Å². The molecule has 0 fully saturated rings. The first-order chi connectivity index (χ1) is 8.36. The predicted molar refractivity (Wildman–Crippen MR) is 71.7 cm³/mol. The maximum Gasteiger partial charge on any atom is 0.145 e. The first-order valence-electron chi connectivity index (χ1n) is 6.11. The molecule has 0 radical (unpaired) electrons. The monoisotopic (exact) mass is 230 g/mol. The quantitative estimate of drug-likeness (QED) is 0.854. The standard InChI is InChI=1S/C14H18N2O/c1-3-10-17-13-7-5-6-11-12(15-4-2)8-9-16-14(11)13/h5-9H,3-4,10H2,1-2H3,(H,15,16). The fraction of sp³-hybridized carbons (Fsp3) is 0.357. The van der Waals surface area contributed by atoms with Gasteiger partial charge in [0.15, 0.2) is 0 Å². The summed E-state index contributed by atoms with van der Waals surface area (Å²) in [5.41, 5.74) is 2.04. The molecule has 2 rings (SSSR count). The van der Waals surface area contributed by atoms with E-state index in [-0.39, 0.29) is 0 Å². The lowest BCUT2D eigenvalue weighted by Crippen LogP contribution is -2.00. The highest BCUT2D eigenvalue weighted by Gasteiger charge is 2.06. The Balaban J connectivity index is 2.45. The predicted octanol–water partition coefficient (Wildman–Crippen LogP) is 3.46. The van der Waals surface area contributed by atoms with E-state index >= 15 is 0 Å². The Kier molecular flexibility index (Phi) is 3.81. The highest BCUT2D eigenvalue weighted by molar-refractivity contribution is 5.94. The Morgan fingerprint density at radius 2 is 2.12 bits per heavy atom. The molecule has 90 valence electrons. The number of hydrogen-bond acceptors (Lipinski definition) is 3. The van der Waals surface area contributed by atoms with Gasteiger partial charge in [0.25, 0.3) is 0 Å². The Morgan fingerprint density at radius 3 is 2.88 bits per heavy atom. The third-order valence-electron chi connectivity index (χ3n) is 2.56. The number of pyridine rings is 1. The van der Waals surface area contributed by atoms with E-state index in [4.69, 9.17) is 4.74 Å². The second kappa shape index (κ2) is 5.53. The number of nitrogens with one attached hydrogen (secondary N) is 1. The van der Waals surface area contributed by atoms with E-state index < -0.39 is 0 Å². The molecule has 0 amide bonds. The van der Waals surface area contributed by atoms with Crippen molar-refractivity contribution in [1.82, 2.24) is 4.98 Å². The van der Waals surface area contributed by atoms with Crippen LogP contribution < -0.4 is 10.1 Å². The molecule has 17 heavy (non-hydrogen) atoms. The molecule has 0 aliphatic heterocycles. The summed E-state index contributed by atoms with van der Waals surface area (Å²) < 4.78 is 5.71. The van der Waals surface area contributed by atoms with Crippen molar-refractivity contribution in [1.29, 1.82) is 0 Å². The molecule has 3 heteroatoms. The van der Waals surface area contributed by atoms with Crippen LogP contribution in [0.2, 0.25) is 0 Å². The molecule has 1 aromatic heterocycles. The zero-order valence-corrected chi connectivity index (χ0v) is 10.4. The molecular formula is C14H18N2O. The summed E-state index contributed by atoms with van der Waals surface area (Å²) in [5.74, 6) is 0.865. The molecule has 0 saturated carbocycles. The number of fused-ring (bicyclic) bond motifs is 1. The van der Waals surface area contributed by atoms with Crippen LogP contribution in [0, 0.1) is 0 Å². The molecule has 0 spiro atoms. The summed E-state index contributed by atoms with van der Waals surface area (Å²) >= 11 is 0. The first-order valence-corrected chi connectivity index (χ1v) is 6.11. The third-order valence-corrected chi connectivity index (χ3v) is 2.56. The molecule has 3 nitrogen and oxygen atoms in total. The summed E-state index contributed by atoms with van der Waals surface area (Å²) in [6, 6.07) is 8.05. The van der Waals surface area contributed by atoms with Crippen molar-refractivity contribution < 1.29 is 4.74 Å². The van der Waals surface area contributed by atoms with Crippen molar-refractivity contribution in [2.45, 2.75) is 20.3 Å². The van der Waals surface area contributed by atoms with Crippen molar-refractivity contribution in [2.75, 3.05) is 18.5 Å². The summed E-state index contributed by atoms with van der Waals surface area (Å²) in [6.07, 6.45) is 2.82. The van der Waals surface area contributed by atoms with Crippen LogP contribution in [0.5, 0.6) is 5.75 Å². The van der Waals surface area contributed by atoms with E-state index in [2.05, 4.69) is 30.2 Å². The van der Waals surface area contributed by atoms with Crippen LogP contribution >= 0.6 is 0 Å². The van der Waals surface area contributed by atoms with Crippen molar-refractivity contribution in [3.8, 4) is 5.75 Å². The third kappa shape index (κ3) is 2.49. The van der Waals surface area contributed by atoms with Gasteiger partial charge in [-0.3, -0.25) is 4.98 Å². The normalized spacial score (nSPS) is 10.5. The fourth-order valence-corrected chi connectivity index (χ4v) is 1.82. The minimum Gasteiger partial charge on any atom is -0.491 e. The van der Waals surface area contributed by atoms with Gasteiger partial charge in [-0.05, 0) is 25.5 Å². The van der Waals surface area contributed by atoms with E-state index in [0.29, 0.717) is 0 Å². The largest absolute Gasteiger partial charge is 0.491 e. The maximum atomic E-state index is 5.71. The first kappa shape index (κ1) is 11.7. The Morgan fingerprint density at radius 1 is 1.24 bits per heavy atom. The SMILES string of the molecule is CCCOc1cccc2c(NCC)ccnc12. The lowest BCUT2D eigenvalue weighted by atomic mass is 10.1. The number of nitrogens with zero attached hydrogens (tertiary/aromatic N) is 1. The molecule has 0 atom stereocenters. The molecule has 0 unspecified atom stereocenters. The van der Waals surface area contributed by atoms with Crippen LogP contribution in [0.4, 0.5) is 5.69 Å². The zero-order chi connectivity index (χ0) is 12.1.